The van der Waals surface area contributed by atoms with Crippen LogP contribution in [-0.2, 0) is 0 Å². The summed E-state index contributed by atoms with van der Waals surface area (Å²) in [4.78, 5) is 0. The molecule has 0 amide bonds. The summed E-state index contributed by atoms with van der Waals surface area (Å²) in [6.45, 7) is 6.83. The standard InChI is InChI=1S/C8H18.Mg.2H/c1-4-5-6-7-8(2)3;;;/h8H,4-7H2,1-3H3;;;/q;+2;2*-1. The molecule has 0 nitrogen and oxygen atoms in total. The third kappa shape index (κ3) is 12.1. The molecule has 0 aliphatic carbocycles. The van der Waals surface area contributed by atoms with E-state index in [0.29, 0.717) is 0 Å². The van der Waals surface area contributed by atoms with Crippen molar-refractivity contribution in [2.75, 3.05) is 0 Å². The summed E-state index contributed by atoms with van der Waals surface area (Å²) in [6, 6.07) is 0. The molecular formula is C8H20Mg. The van der Waals surface area contributed by atoms with E-state index in [1.165, 1.54) is 25.7 Å². The number of hydrogen-bond donors (Lipinski definition) is 0. The predicted molar refractivity (Wildman–Crippen MR) is 47.0 cm³/mol. The van der Waals surface area contributed by atoms with E-state index in [-0.39, 0.29) is 25.9 Å². The van der Waals surface area contributed by atoms with Crippen LogP contribution in [-0.4, -0.2) is 23.1 Å². The average molecular weight is 141 g/mol. The summed E-state index contributed by atoms with van der Waals surface area (Å²) < 4.78 is 0. The third-order valence-electron chi connectivity index (χ3n) is 1.39. The van der Waals surface area contributed by atoms with Gasteiger partial charge in [-0.1, -0.05) is 46.5 Å². The van der Waals surface area contributed by atoms with Crippen LogP contribution in [0.4, 0.5) is 0 Å². The van der Waals surface area contributed by atoms with E-state index in [1.807, 2.05) is 0 Å². The van der Waals surface area contributed by atoms with Crippen LogP contribution in [0, 0.1) is 5.92 Å². The van der Waals surface area contributed by atoms with Crippen molar-refractivity contribution in [3.05, 3.63) is 0 Å². The predicted octanol–water partition coefficient (Wildman–Crippen LogP) is 3.07. The fourth-order valence-corrected chi connectivity index (χ4v) is 0.803. The Morgan fingerprint density at radius 2 is 1.78 bits per heavy atom. The van der Waals surface area contributed by atoms with Crippen molar-refractivity contribution < 1.29 is 2.85 Å². The molecule has 54 valence electrons. The van der Waals surface area contributed by atoms with Crippen LogP contribution in [0.25, 0.3) is 0 Å². The average Bonchev–Trinajstić information content (AvgIpc) is 1.66. The third-order valence-corrected chi connectivity index (χ3v) is 1.39. The molecule has 0 aromatic heterocycles. The van der Waals surface area contributed by atoms with Crippen molar-refractivity contribution in [2.45, 2.75) is 46.5 Å². The number of unbranched alkanes of at least 4 members (excludes halogenated alkanes) is 2. The second-order valence-corrected chi connectivity index (χ2v) is 2.89. The zero-order chi connectivity index (χ0) is 6.41. The fraction of sp³-hybridized carbons (Fsp3) is 1.00. The molecule has 0 bridgehead atoms. The molecule has 0 atom stereocenters. The maximum absolute atomic E-state index is 2.29. The molecule has 0 unspecified atom stereocenters. The zero-order valence-electron chi connectivity index (χ0n) is 9.11. The first kappa shape index (κ1) is 12.4. The maximum atomic E-state index is 2.29. The second-order valence-electron chi connectivity index (χ2n) is 2.89. The molecule has 1 heteroatoms. The molecule has 0 spiro atoms. The van der Waals surface area contributed by atoms with Gasteiger partial charge in [-0.2, -0.15) is 0 Å². The Morgan fingerprint density at radius 3 is 2.11 bits per heavy atom. The molecule has 0 saturated heterocycles. The zero-order valence-corrected chi connectivity index (χ0v) is 8.53. The van der Waals surface area contributed by atoms with Crippen LogP contribution in [0.5, 0.6) is 0 Å². The van der Waals surface area contributed by atoms with Gasteiger partial charge in [0.2, 0.25) is 0 Å². The first-order valence-corrected chi connectivity index (χ1v) is 3.77. The molecule has 0 aromatic carbocycles. The van der Waals surface area contributed by atoms with Crippen LogP contribution >= 0.6 is 0 Å². The molecule has 0 rings (SSSR count). The normalized spacial score (nSPS) is 9.33. The Morgan fingerprint density at radius 1 is 1.22 bits per heavy atom. The Hall–Kier alpha value is 0.766. The summed E-state index contributed by atoms with van der Waals surface area (Å²) in [5, 5.41) is 0. The van der Waals surface area contributed by atoms with Gasteiger partial charge in [-0.25, -0.2) is 0 Å². The molecule has 0 fully saturated rings. The minimum absolute atomic E-state index is 0. The summed E-state index contributed by atoms with van der Waals surface area (Å²) in [7, 11) is 0. The van der Waals surface area contributed by atoms with Gasteiger partial charge in [-0.15, -0.1) is 0 Å². The van der Waals surface area contributed by atoms with Gasteiger partial charge in [-0.05, 0) is 5.92 Å². The van der Waals surface area contributed by atoms with Crippen molar-refractivity contribution >= 4 is 23.1 Å². The molecule has 0 radical (unpaired) electrons. The number of hydrogen-bond acceptors (Lipinski definition) is 0. The number of rotatable bonds is 4. The van der Waals surface area contributed by atoms with Crippen molar-refractivity contribution in [1.82, 2.24) is 0 Å². The summed E-state index contributed by atoms with van der Waals surface area (Å²) in [5.74, 6) is 0.904. The van der Waals surface area contributed by atoms with E-state index in [0.717, 1.165) is 5.92 Å². The maximum Gasteiger partial charge on any atom is 2.00 e. The van der Waals surface area contributed by atoms with Gasteiger partial charge in [0.1, 0.15) is 0 Å². The molecular weight excluding hydrogens is 120 g/mol. The molecule has 0 N–H and O–H groups in total. The molecule has 0 saturated carbocycles. The van der Waals surface area contributed by atoms with Crippen LogP contribution in [0.3, 0.4) is 0 Å². The van der Waals surface area contributed by atoms with Crippen molar-refractivity contribution in [3.63, 3.8) is 0 Å². The minimum Gasteiger partial charge on any atom is -1.00 e. The van der Waals surface area contributed by atoms with Crippen molar-refractivity contribution in [3.8, 4) is 0 Å². The summed E-state index contributed by atoms with van der Waals surface area (Å²) in [6.07, 6.45) is 5.60. The van der Waals surface area contributed by atoms with Crippen LogP contribution in [0.15, 0.2) is 0 Å². The topological polar surface area (TPSA) is 0 Å². The van der Waals surface area contributed by atoms with Crippen molar-refractivity contribution in [1.29, 1.82) is 0 Å². The summed E-state index contributed by atoms with van der Waals surface area (Å²) in [5.41, 5.74) is 0. The quantitative estimate of drug-likeness (QED) is 0.416. The van der Waals surface area contributed by atoms with Crippen molar-refractivity contribution in [2.24, 2.45) is 5.92 Å². The SMILES string of the molecule is CCCCCC(C)C.[H-].[H-].[Mg+2]. The monoisotopic (exact) mass is 140 g/mol. The smallest absolute Gasteiger partial charge is 1.00 e. The Labute approximate surface area is 78.5 Å². The largest absolute Gasteiger partial charge is 2.00 e. The van der Waals surface area contributed by atoms with Crippen LogP contribution < -0.4 is 0 Å². The van der Waals surface area contributed by atoms with Gasteiger partial charge >= 0.3 is 23.1 Å². The molecule has 0 heterocycles. The Bertz CT molecular complexity index is 49.4. The molecule has 0 aliphatic rings. The van der Waals surface area contributed by atoms with Crippen LogP contribution in [0.2, 0.25) is 0 Å². The second kappa shape index (κ2) is 8.77. The van der Waals surface area contributed by atoms with E-state index in [2.05, 4.69) is 20.8 Å². The minimum atomic E-state index is 0. The van der Waals surface area contributed by atoms with Gasteiger partial charge in [0.25, 0.3) is 0 Å². The van der Waals surface area contributed by atoms with Gasteiger partial charge in [0, 0.05) is 0 Å². The molecule has 9 heavy (non-hydrogen) atoms. The summed E-state index contributed by atoms with van der Waals surface area (Å²) >= 11 is 0. The Balaban J connectivity index is -0.0000000817. The van der Waals surface area contributed by atoms with E-state index in [9.17, 15) is 0 Å². The Kier molecular flexibility index (Phi) is 12.1. The van der Waals surface area contributed by atoms with E-state index in [1.54, 1.807) is 0 Å². The van der Waals surface area contributed by atoms with Gasteiger partial charge in [0.15, 0.2) is 0 Å². The van der Waals surface area contributed by atoms with Gasteiger partial charge in [-0.3, -0.25) is 0 Å². The van der Waals surface area contributed by atoms with Gasteiger partial charge in [0.05, 0.1) is 0 Å². The fourth-order valence-electron chi connectivity index (χ4n) is 0.803. The van der Waals surface area contributed by atoms with E-state index >= 15 is 0 Å². The first-order valence-electron chi connectivity index (χ1n) is 3.77. The molecule has 0 aliphatic heterocycles. The van der Waals surface area contributed by atoms with Gasteiger partial charge < -0.3 is 2.85 Å². The first-order chi connectivity index (χ1) is 3.77. The van der Waals surface area contributed by atoms with E-state index < -0.39 is 0 Å². The van der Waals surface area contributed by atoms with E-state index in [4.69, 9.17) is 0 Å². The molecule has 0 aromatic rings. The van der Waals surface area contributed by atoms with Crippen LogP contribution in [0.1, 0.15) is 49.3 Å².